The van der Waals surface area contributed by atoms with Crippen molar-refractivity contribution in [1.29, 1.82) is 0 Å². The standard InChI is InChI=1S/C21H21N3O4/c1-12(2)20(26)22-15-10-8-14(9-11-15)19(25)13(3)28-21(27)18-16-6-4-5-7-17(16)23-24-18/h4-13H,1-3H3,(H,22,26)(H,23,24). The Morgan fingerprint density at radius 2 is 1.68 bits per heavy atom. The summed E-state index contributed by atoms with van der Waals surface area (Å²) in [5.41, 5.74) is 1.84. The highest BCUT2D eigenvalue weighted by molar-refractivity contribution is 6.05. The molecule has 3 rings (SSSR count). The van der Waals surface area contributed by atoms with E-state index in [2.05, 4.69) is 15.5 Å². The minimum atomic E-state index is -0.973. The van der Waals surface area contributed by atoms with Gasteiger partial charge >= 0.3 is 5.97 Å². The van der Waals surface area contributed by atoms with E-state index in [0.717, 1.165) is 0 Å². The molecule has 3 aromatic rings. The summed E-state index contributed by atoms with van der Waals surface area (Å²) >= 11 is 0. The molecular formula is C21H21N3O4. The molecule has 1 aromatic heterocycles. The van der Waals surface area contributed by atoms with Crippen molar-refractivity contribution in [3.63, 3.8) is 0 Å². The molecule has 7 heteroatoms. The maximum Gasteiger partial charge on any atom is 0.360 e. The molecule has 144 valence electrons. The maximum absolute atomic E-state index is 12.6. The summed E-state index contributed by atoms with van der Waals surface area (Å²) in [6.45, 7) is 5.11. The van der Waals surface area contributed by atoms with E-state index in [0.29, 0.717) is 22.2 Å². The molecule has 1 heterocycles. The topological polar surface area (TPSA) is 101 Å². The molecule has 0 radical (unpaired) electrons. The van der Waals surface area contributed by atoms with Gasteiger partial charge in [0.25, 0.3) is 0 Å². The number of aromatic nitrogens is 2. The number of para-hydroxylation sites is 1. The summed E-state index contributed by atoms with van der Waals surface area (Å²) in [7, 11) is 0. The Bertz CT molecular complexity index is 1020. The lowest BCUT2D eigenvalue weighted by molar-refractivity contribution is -0.118. The number of fused-ring (bicyclic) bond motifs is 1. The number of rotatable bonds is 6. The van der Waals surface area contributed by atoms with Crippen LogP contribution in [0.5, 0.6) is 0 Å². The molecule has 0 saturated carbocycles. The number of Topliss-reactive ketones (excluding diaryl/α,β-unsaturated/α-hetero) is 1. The number of carbonyl (C=O) groups is 3. The van der Waals surface area contributed by atoms with Crippen LogP contribution in [-0.2, 0) is 9.53 Å². The third-order valence-corrected chi connectivity index (χ3v) is 4.28. The molecule has 7 nitrogen and oxygen atoms in total. The first-order chi connectivity index (χ1) is 13.4. The zero-order chi connectivity index (χ0) is 20.3. The lowest BCUT2D eigenvalue weighted by atomic mass is 10.1. The lowest BCUT2D eigenvalue weighted by Gasteiger charge is -2.12. The van der Waals surface area contributed by atoms with Crippen LogP contribution in [0.25, 0.3) is 10.9 Å². The van der Waals surface area contributed by atoms with Crippen molar-refractivity contribution in [2.45, 2.75) is 26.9 Å². The molecule has 1 amide bonds. The molecule has 1 atom stereocenters. The van der Waals surface area contributed by atoms with E-state index in [9.17, 15) is 14.4 Å². The SMILES string of the molecule is CC(C)C(=O)Nc1ccc(C(=O)C(C)OC(=O)c2n[nH]c3ccccc23)cc1. The van der Waals surface area contributed by atoms with Crippen LogP contribution in [0.1, 0.15) is 41.6 Å². The van der Waals surface area contributed by atoms with Crippen LogP contribution in [-0.4, -0.2) is 34.0 Å². The number of benzene rings is 2. The number of hydrogen-bond acceptors (Lipinski definition) is 5. The van der Waals surface area contributed by atoms with Crippen molar-refractivity contribution in [2.75, 3.05) is 5.32 Å². The van der Waals surface area contributed by atoms with E-state index in [1.807, 2.05) is 6.07 Å². The van der Waals surface area contributed by atoms with Gasteiger partial charge in [0.1, 0.15) is 0 Å². The van der Waals surface area contributed by atoms with Gasteiger partial charge in [-0.05, 0) is 37.3 Å². The summed E-state index contributed by atoms with van der Waals surface area (Å²) in [6.07, 6.45) is -0.973. The Kier molecular flexibility index (Phi) is 5.54. The van der Waals surface area contributed by atoms with Crippen molar-refractivity contribution in [1.82, 2.24) is 10.2 Å². The predicted octanol–water partition coefficient (Wildman–Crippen LogP) is 3.59. The monoisotopic (exact) mass is 379 g/mol. The highest BCUT2D eigenvalue weighted by Crippen LogP contribution is 2.18. The Morgan fingerprint density at radius 1 is 1.00 bits per heavy atom. The number of ether oxygens (including phenoxy) is 1. The van der Waals surface area contributed by atoms with Crippen molar-refractivity contribution in [3.05, 3.63) is 59.8 Å². The van der Waals surface area contributed by atoms with Gasteiger partial charge in [0.15, 0.2) is 11.8 Å². The third kappa shape index (κ3) is 4.09. The number of anilines is 1. The van der Waals surface area contributed by atoms with E-state index in [1.54, 1.807) is 56.3 Å². The number of esters is 1. The lowest BCUT2D eigenvalue weighted by Crippen LogP contribution is -2.24. The van der Waals surface area contributed by atoms with Crippen LogP contribution in [0.15, 0.2) is 48.5 Å². The van der Waals surface area contributed by atoms with Gasteiger partial charge in [0, 0.05) is 22.6 Å². The van der Waals surface area contributed by atoms with Crippen molar-refractivity contribution < 1.29 is 19.1 Å². The molecule has 28 heavy (non-hydrogen) atoms. The smallest absolute Gasteiger partial charge is 0.360 e. The Balaban J connectivity index is 1.67. The number of ketones is 1. The average Bonchev–Trinajstić information content (AvgIpc) is 3.12. The van der Waals surface area contributed by atoms with Gasteiger partial charge in [0.05, 0.1) is 5.52 Å². The Labute approximate surface area is 162 Å². The molecular weight excluding hydrogens is 358 g/mol. The quantitative estimate of drug-likeness (QED) is 0.503. The van der Waals surface area contributed by atoms with E-state index in [1.165, 1.54) is 6.92 Å². The van der Waals surface area contributed by atoms with Crippen LogP contribution in [0.2, 0.25) is 0 Å². The maximum atomic E-state index is 12.6. The van der Waals surface area contributed by atoms with Crippen molar-refractivity contribution >= 4 is 34.3 Å². The number of nitrogens with zero attached hydrogens (tertiary/aromatic N) is 1. The number of amides is 1. The number of carbonyl (C=O) groups excluding carboxylic acids is 3. The zero-order valence-electron chi connectivity index (χ0n) is 15.9. The molecule has 2 aromatic carbocycles. The molecule has 0 bridgehead atoms. The molecule has 0 fully saturated rings. The summed E-state index contributed by atoms with van der Waals surface area (Å²) in [5.74, 6) is -1.25. The summed E-state index contributed by atoms with van der Waals surface area (Å²) in [4.78, 5) is 36.7. The summed E-state index contributed by atoms with van der Waals surface area (Å²) in [6, 6.07) is 13.6. The van der Waals surface area contributed by atoms with Crippen LogP contribution < -0.4 is 5.32 Å². The fourth-order valence-electron chi connectivity index (χ4n) is 2.63. The molecule has 1 unspecified atom stereocenters. The fourth-order valence-corrected chi connectivity index (χ4v) is 2.63. The van der Waals surface area contributed by atoms with Gasteiger partial charge in [-0.25, -0.2) is 4.79 Å². The largest absolute Gasteiger partial charge is 0.449 e. The molecule has 0 spiro atoms. The molecule has 0 saturated heterocycles. The van der Waals surface area contributed by atoms with Crippen LogP contribution in [0.4, 0.5) is 5.69 Å². The number of nitrogens with one attached hydrogen (secondary N) is 2. The van der Waals surface area contributed by atoms with E-state index < -0.39 is 12.1 Å². The summed E-state index contributed by atoms with van der Waals surface area (Å²) < 4.78 is 5.30. The first-order valence-corrected chi connectivity index (χ1v) is 8.96. The number of aromatic amines is 1. The van der Waals surface area contributed by atoms with Crippen LogP contribution in [0, 0.1) is 5.92 Å². The van der Waals surface area contributed by atoms with Gasteiger partial charge < -0.3 is 10.1 Å². The minimum absolute atomic E-state index is 0.104. The third-order valence-electron chi connectivity index (χ3n) is 4.28. The van der Waals surface area contributed by atoms with E-state index in [-0.39, 0.29) is 23.3 Å². The van der Waals surface area contributed by atoms with Crippen LogP contribution >= 0.6 is 0 Å². The second-order valence-corrected chi connectivity index (χ2v) is 6.75. The fraction of sp³-hybridized carbons (Fsp3) is 0.238. The first kappa shape index (κ1) is 19.3. The number of hydrogen-bond donors (Lipinski definition) is 2. The molecule has 0 aliphatic heterocycles. The highest BCUT2D eigenvalue weighted by atomic mass is 16.5. The zero-order valence-corrected chi connectivity index (χ0v) is 15.9. The van der Waals surface area contributed by atoms with Crippen LogP contribution in [0.3, 0.4) is 0 Å². The van der Waals surface area contributed by atoms with Gasteiger partial charge in [-0.3, -0.25) is 14.7 Å². The molecule has 0 aliphatic rings. The number of H-pyrrole nitrogens is 1. The first-order valence-electron chi connectivity index (χ1n) is 8.96. The summed E-state index contributed by atoms with van der Waals surface area (Å²) in [5, 5.41) is 10.1. The van der Waals surface area contributed by atoms with Gasteiger partial charge in [-0.15, -0.1) is 0 Å². The second-order valence-electron chi connectivity index (χ2n) is 6.75. The Morgan fingerprint density at radius 3 is 2.36 bits per heavy atom. The Hall–Kier alpha value is -3.48. The van der Waals surface area contributed by atoms with Crippen molar-refractivity contribution in [3.8, 4) is 0 Å². The van der Waals surface area contributed by atoms with E-state index >= 15 is 0 Å². The van der Waals surface area contributed by atoms with Gasteiger partial charge in [-0.1, -0.05) is 32.0 Å². The second kappa shape index (κ2) is 8.04. The minimum Gasteiger partial charge on any atom is -0.449 e. The van der Waals surface area contributed by atoms with E-state index in [4.69, 9.17) is 4.74 Å². The highest BCUT2D eigenvalue weighted by Gasteiger charge is 2.23. The van der Waals surface area contributed by atoms with Gasteiger partial charge in [-0.2, -0.15) is 5.10 Å². The van der Waals surface area contributed by atoms with Gasteiger partial charge in [0.2, 0.25) is 11.7 Å². The average molecular weight is 379 g/mol. The molecule has 2 N–H and O–H groups in total. The normalized spacial score (nSPS) is 12.0. The van der Waals surface area contributed by atoms with Crippen molar-refractivity contribution in [2.24, 2.45) is 5.92 Å². The molecule has 0 aliphatic carbocycles. The predicted molar refractivity (Wildman–Crippen MR) is 105 cm³/mol.